The van der Waals surface area contributed by atoms with E-state index >= 15 is 0 Å². The van der Waals surface area contributed by atoms with Gasteiger partial charge in [-0.3, -0.25) is 9.59 Å². The van der Waals surface area contributed by atoms with Gasteiger partial charge < -0.3 is 24.4 Å². The third-order valence-corrected chi connectivity index (χ3v) is 4.92. The molecule has 0 aromatic heterocycles. The lowest BCUT2D eigenvalue weighted by Gasteiger charge is -2.34. The highest BCUT2D eigenvalue weighted by molar-refractivity contribution is 5.89. The van der Waals surface area contributed by atoms with Gasteiger partial charge in [-0.25, -0.2) is 0 Å². The first-order chi connectivity index (χ1) is 14.0. The lowest BCUT2D eigenvalue weighted by Crippen LogP contribution is -2.55. The normalized spacial score (nSPS) is 16.4. The van der Waals surface area contributed by atoms with Crippen LogP contribution in [0, 0.1) is 6.92 Å². The van der Waals surface area contributed by atoms with E-state index in [9.17, 15) is 9.59 Å². The summed E-state index contributed by atoms with van der Waals surface area (Å²) >= 11 is 0. The molecule has 0 unspecified atom stereocenters. The quantitative estimate of drug-likeness (QED) is 0.773. The summed E-state index contributed by atoms with van der Waals surface area (Å²) in [5.41, 5.74) is 2.95. The van der Waals surface area contributed by atoms with Gasteiger partial charge in [-0.1, -0.05) is 29.8 Å². The topological polar surface area (TPSA) is 77.1 Å². The zero-order valence-electron chi connectivity index (χ0n) is 16.9. The van der Waals surface area contributed by atoms with Gasteiger partial charge in [0.15, 0.2) is 0 Å². The molecule has 1 saturated heterocycles. The van der Waals surface area contributed by atoms with E-state index in [-0.39, 0.29) is 31.6 Å². The van der Waals surface area contributed by atoms with E-state index in [4.69, 9.17) is 14.2 Å². The van der Waals surface area contributed by atoms with Crippen LogP contribution in [-0.4, -0.2) is 50.2 Å². The number of benzene rings is 2. The average molecular weight is 398 g/mol. The molecular formula is C22H26N2O5. The van der Waals surface area contributed by atoms with Crippen LogP contribution < -0.4 is 14.8 Å². The fourth-order valence-corrected chi connectivity index (χ4v) is 3.20. The van der Waals surface area contributed by atoms with Crippen LogP contribution in [0.25, 0.3) is 0 Å². The number of ether oxygens (including phenoxy) is 3. The molecule has 1 aliphatic rings. The predicted octanol–water partition coefficient (Wildman–Crippen LogP) is 2.06. The molecule has 1 N–H and O–H groups in total. The van der Waals surface area contributed by atoms with Crippen LogP contribution in [0.5, 0.6) is 11.5 Å². The van der Waals surface area contributed by atoms with Crippen molar-refractivity contribution >= 4 is 11.8 Å². The molecule has 1 fully saturated rings. The van der Waals surface area contributed by atoms with Crippen molar-refractivity contribution in [3.8, 4) is 11.5 Å². The van der Waals surface area contributed by atoms with E-state index in [1.807, 2.05) is 37.3 Å². The first-order valence-corrected chi connectivity index (χ1v) is 9.43. The molecule has 0 radical (unpaired) electrons. The fourth-order valence-electron chi connectivity index (χ4n) is 3.20. The second-order valence-corrected chi connectivity index (χ2v) is 6.93. The van der Waals surface area contributed by atoms with Crippen molar-refractivity contribution in [2.45, 2.75) is 26.1 Å². The van der Waals surface area contributed by atoms with Crippen molar-refractivity contribution in [1.82, 2.24) is 10.2 Å². The first kappa shape index (κ1) is 20.7. The maximum atomic E-state index is 12.8. The molecule has 154 valence electrons. The van der Waals surface area contributed by atoms with Crippen molar-refractivity contribution in [2.75, 3.05) is 27.4 Å². The summed E-state index contributed by atoms with van der Waals surface area (Å²) in [6.45, 7) is 2.77. The van der Waals surface area contributed by atoms with Crippen LogP contribution in [0.4, 0.5) is 0 Å². The maximum Gasteiger partial charge on any atom is 0.249 e. The minimum atomic E-state index is -0.700. The number of nitrogens with zero attached hydrogens (tertiary/aromatic N) is 1. The van der Waals surface area contributed by atoms with Crippen molar-refractivity contribution in [3.63, 3.8) is 0 Å². The van der Waals surface area contributed by atoms with Crippen LogP contribution in [-0.2, 0) is 27.4 Å². The molecule has 7 heteroatoms. The number of nitrogens with one attached hydrogen (secondary N) is 1. The Labute approximate surface area is 170 Å². The zero-order valence-corrected chi connectivity index (χ0v) is 16.9. The van der Waals surface area contributed by atoms with Gasteiger partial charge in [-0.15, -0.1) is 0 Å². The second kappa shape index (κ2) is 9.43. The minimum Gasteiger partial charge on any atom is -0.497 e. The second-order valence-electron chi connectivity index (χ2n) is 6.93. The summed E-state index contributed by atoms with van der Waals surface area (Å²) in [7, 11) is 3.14. The van der Waals surface area contributed by atoms with Crippen LogP contribution in [0.2, 0.25) is 0 Å². The summed E-state index contributed by atoms with van der Waals surface area (Å²) in [6.07, 6.45) is 0. The number of carbonyl (C=O) groups excluding carboxylic acids is 2. The average Bonchev–Trinajstić information content (AvgIpc) is 2.74. The van der Waals surface area contributed by atoms with Crippen molar-refractivity contribution in [3.05, 3.63) is 59.2 Å². The highest BCUT2D eigenvalue weighted by Gasteiger charge is 2.34. The number of hydrogen-bond acceptors (Lipinski definition) is 5. The highest BCUT2D eigenvalue weighted by Crippen LogP contribution is 2.27. The molecule has 0 spiro atoms. The number of amides is 2. The Bertz CT molecular complexity index is 866. The van der Waals surface area contributed by atoms with Gasteiger partial charge in [0.1, 0.15) is 24.1 Å². The van der Waals surface area contributed by atoms with Gasteiger partial charge in [0.25, 0.3) is 0 Å². The Hall–Kier alpha value is -3.06. The van der Waals surface area contributed by atoms with Crippen LogP contribution in [0.1, 0.15) is 16.7 Å². The third-order valence-electron chi connectivity index (χ3n) is 4.92. The fraction of sp³-hybridized carbons (Fsp3) is 0.364. The maximum absolute atomic E-state index is 12.8. The number of rotatable bonds is 7. The standard InChI is InChI=1S/C22H26N2O5/c1-15-4-6-16(7-5-15)11-23-22(26)19-13-29-14-21(25)24(19)12-17-8-9-18(27-2)10-20(17)28-3/h4-10,19H,11-14H2,1-3H3,(H,23,26)/t19-/m0/s1. The molecule has 2 aromatic rings. The zero-order chi connectivity index (χ0) is 20.8. The Morgan fingerprint density at radius 3 is 2.62 bits per heavy atom. The van der Waals surface area contributed by atoms with E-state index in [1.165, 1.54) is 4.90 Å². The summed E-state index contributed by atoms with van der Waals surface area (Å²) in [6, 6.07) is 12.6. The summed E-state index contributed by atoms with van der Waals surface area (Å²) < 4.78 is 16.0. The Kier molecular flexibility index (Phi) is 6.72. The minimum absolute atomic E-state index is 0.0415. The SMILES string of the molecule is COc1ccc(CN2C(=O)COC[C@H]2C(=O)NCc2ccc(C)cc2)c(OC)c1. The molecule has 7 nitrogen and oxygen atoms in total. The molecule has 0 saturated carbocycles. The molecule has 1 atom stereocenters. The molecule has 3 rings (SSSR count). The van der Waals surface area contributed by atoms with E-state index in [1.54, 1.807) is 26.4 Å². The molecule has 1 heterocycles. The highest BCUT2D eigenvalue weighted by atomic mass is 16.5. The third kappa shape index (κ3) is 5.06. The number of morpholine rings is 1. The molecule has 2 amide bonds. The Balaban J connectivity index is 1.72. The van der Waals surface area contributed by atoms with Crippen LogP contribution in [0.15, 0.2) is 42.5 Å². The van der Waals surface area contributed by atoms with Gasteiger partial charge in [-0.2, -0.15) is 0 Å². The molecule has 2 aromatic carbocycles. The van der Waals surface area contributed by atoms with Crippen molar-refractivity contribution < 1.29 is 23.8 Å². The summed E-state index contributed by atoms with van der Waals surface area (Å²) in [5, 5.41) is 2.91. The van der Waals surface area contributed by atoms with Gasteiger partial charge in [0.2, 0.25) is 11.8 Å². The molecule has 0 aliphatic carbocycles. The van der Waals surface area contributed by atoms with Gasteiger partial charge in [-0.05, 0) is 24.6 Å². The number of hydrogen-bond donors (Lipinski definition) is 1. The number of aryl methyl sites for hydroxylation is 1. The molecular weight excluding hydrogens is 372 g/mol. The largest absolute Gasteiger partial charge is 0.497 e. The van der Waals surface area contributed by atoms with Gasteiger partial charge in [0.05, 0.1) is 27.4 Å². The first-order valence-electron chi connectivity index (χ1n) is 9.43. The number of carbonyl (C=O) groups is 2. The summed E-state index contributed by atoms with van der Waals surface area (Å²) in [5.74, 6) is 0.782. The molecule has 29 heavy (non-hydrogen) atoms. The molecule has 0 bridgehead atoms. The van der Waals surface area contributed by atoms with Crippen LogP contribution in [0.3, 0.4) is 0 Å². The lowest BCUT2D eigenvalue weighted by molar-refractivity contribution is -0.155. The Morgan fingerprint density at radius 1 is 1.17 bits per heavy atom. The van der Waals surface area contributed by atoms with Gasteiger partial charge in [0, 0.05) is 18.2 Å². The van der Waals surface area contributed by atoms with E-state index in [0.29, 0.717) is 18.0 Å². The lowest BCUT2D eigenvalue weighted by atomic mass is 10.1. The predicted molar refractivity (Wildman–Crippen MR) is 108 cm³/mol. The molecule has 1 aliphatic heterocycles. The Morgan fingerprint density at radius 2 is 1.93 bits per heavy atom. The van der Waals surface area contributed by atoms with Crippen molar-refractivity contribution in [1.29, 1.82) is 0 Å². The van der Waals surface area contributed by atoms with E-state index in [0.717, 1.165) is 16.7 Å². The van der Waals surface area contributed by atoms with E-state index < -0.39 is 6.04 Å². The van der Waals surface area contributed by atoms with Gasteiger partial charge >= 0.3 is 0 Å². The summed E-state index contributed by atoms with van der Waals surface area (Å²) in [4.78, 5) is 26.8. The van der Waals surface area contributed by atoms with Crippen LogP contribution >= 0.6 is 0 Å². The number of methoxy groups -OCH3 is 2. The smallest absolute Gasteiger partial charge is 0.249 e. The van der Waals surface area contributed by atoms with E-state index in [2.05, 4.69) is 5.32 Å². The van der Waals surface area contributed by atoms with Crippen molar-refractivity contribution in [2.24, 2.45) is 0 Å². The monoisotopic (exact) mass is 398 g/mol.